The lowest BCUT2D eigenvalue weighted by Crippen LogP contribution is -2.60. The number of hydrogen-bond acceptors (Lipinski definition) is 1. The van der Waals surface area contributed by atoms with Crippen molar-refractivity contribution in [1.82, 2.24) is 4.90 Å². The van der Waals surface area contributed by atoms with Crippen LogP contribution in [0.3, 0.4) is 0 Å². The molecule has 0 radical (unpaired) electrons. The number of likely N-dealkylation sites (N-methyl/N-ethyl adjacent to an activating group) is 1. The molecule has 21 heavy (non-hydrogen) atoms. The van der Waals surface area contributed by atoms with Gasteiger partial charge in [-0.3, -0.25) is 0 Å². The molecule has 0 amide bonds. The van der Waals surface area contributed by atoms with Gasteiger partial charge in [0.15, 0.2) is 0 Å². The first-order chi connectivity index (χ1) is 10.3. The highest BCUT2D eigenvalue weighted by Crippen LogP contribution is 2.52. The number of piperidine rings is 2. The van der Waals surface area contributed by atoms with E-state index in [0.717, 1.165) is 5.92 Å². The minimum atomic E-state index is 0.179. The Morgan fingerprint density at radius 2 is 1.43 bits per heavy atom. The van der Waals surface area contributed by atoms with Crippen LogP contribution in [0.1, 0.15) is 30.4 Å². The van der Waals surface area contributed by atoms with Crippen molar-refractivity contribution in [3.8, 4) is 0 Å². The van der Waals surface area contributed by atoms with E-state index in [1.807, 2.05) is 0 Å². The Morgan fingerprint density at radius 1 is 0.857 bits per heavy atom. The van der Waals surface area contributed by atoms with Crippen LogP contribution in [-0.2, 0) is 5.41 Å². The van der Waals surface area contributed by atoms with Gasteiger partial charge in [0.25, 0.3) is 0 Å². The first-order valence-corrected chi connectivity index (χ1v) is 8.12. The summed E-state index contributed by atoms with van der Waals surface area (Å²) in [5.41, 5.74) is 3.17. The highest BCUT2D eigenvalue weighted by Gasteiger charge is 2.51. The van der Waals surface area contributed by atoms with Gasteiger partial charge in [-0.1, -0.05) is 60.7 Å². The topological polar surface area (TPSA) is 3.24 Å². The summed E-state index contributed by atoms with van der Waals surface area (Å²) in [5, 5.41) is 0. The normalized spacial score (nSPS) is 27.7. The maximum atomic E-state index is 2.61. The van der Waals surface area contributed by atoms with Crippen LogP contribution in [0.25, 0.3) is 0 Å². The maximum Gasteiger partial charge on any atom is 0.0361 e. The Balaban J connectivity index is 1.92. The molecule has 1 nitrogen and oxygen atoms in total. The van der Waals surface area contributed by atoms with Crippen molar-refractivity contribution in [1.29, 1.82) is 0 Å². The van der Waals surface area contributed by atoms with Gasteiger partial charge in [0.05, 0.1) is 0 Å². The highest BCUT2D eigenvalue weighted by atomic mass is 15.2. The molecule has 5 rings (SSSR count). The zero-order chi connectivity index (χ0) is 14.3. The maximum absolute atomic E-state index is 2.61. The number of hydrogen-bond donors (Lipinski definition) is 0. The largest absolute Gasteiger partial charge is 0.302 e. The molecule has 1 saturated carbocycles. The van der Waals surface area contributed by atoms with Gasteiger partial charge >= 0.3 is 0 Å². The second-order valence-electron chi connectivity index (χ2n) is 6.81. The molecule has 1 aliphatic carbocycles. The van der Waals surface area contributed by atoms with E-state index in [9.17, 15) is 0 Å². The number of nitrogens with zero attached hydrogens (tertiary/aromatic N) is 1. The van der Waals surface area contributed by atoms with E-state index in [-0.39, 0.29) is 5.41 Å². The second kappa shape index (κ2) is 4.99. The third kappa shape index (κ3) is 1.95. The zero-order valence-electron chi connectivity index (χ0n) is 12.7. The minimum Gasteiger partial charge on any atom is -0.302 e. The van der Waals surface area contributed by atoms with Gasteiger partial charge in [0, 0.05) is 18.0 Å². The van der Waals surface area contributed by atoms with E-state index in [2.05, 4.69) is 72.6 Å². The molecule has 2 bridgehead atoms. The standard InChI is InChI=1S/C20H23N/c1-21-15-16-12-13-19(21)20(14-16,17-8-4-2-5-9-17)18-10-6-3-7-11-18/h2-11,16,19H,12-15H2,1H3. The monoisotopic (exact) mass is 277 g/mol. The summed E-state index contributed by atoms with van der Waals surface area (Å²) in [5.74, 6) is 0.834. The van der Waals surface area contributed by atoms with Gasteiger partial charge in [-0.25, -0.2) is 0 Å². The van der Waals surface area contributed by atoms with Crippen LogP contribution < -0.4 is 0 Å². The van der Waals surface area contributed by atoms with E-state index < -0.39 is 0 Å². The predicted octanol–water partition coefficient (Wildman–Crippen LogP) is 4.09. The van der Waals surface area contributed by atoms with Crippen LogP contribution in [0.5, 0.6) is 0 Å². The smallest absolute Gasteiger partial charge is 0.0361 e. The Kier molecular flexibility index (Phi) is 3.11. The average molecular weight is 277 g/mol. The number of fused-ring (bicyclic) bond motifs is 3. The van der Waals surface area contributed by atoms with Crippen LogP contribution in [0.2, 0.25) is 0 Å². The lowest BCUT2D eigenvalue weighted by atomic mass is 9.56. The van der Waals surface area contributed by atoms with E-state index in [1.54, 1.807) is 0 Å². The first-order valence-electron chi connectivity index (χ1n) is 8.12. The summed E-state index contributed by atoms with van der Waals surface area (Å²) in [6.07, 6.45) is 4.03. The zero-order valence-corrected chi connectivity index (χ0v) is 12.7. The summed E-state index contributed by atoms with van der Waals surface area (Å²) >= 11 is 0. The molecule has 2 aliphatic heterocycles. The fourth-order valence-electron chi connectivity index (χ4n) is 4.88. The molecule has 2 unspecified atom stereocenters. The quantitative estimate of drug-likeness (QED) is 0.799. The predicted molar refractivity (Wildman–Crippen MR) is 87.4 cm³/mol. The minimum absolute atomic E-state index is 0.179. The van der Waals surface area contributed by atoms with Gasteiger partial charge in [-0.2, -0.15) is 0 Å². The van der Waals surface area contributed by atoms with Crippen molar-refractivity contribution < 1.29 is 0 Å². The van der Waals surface area contributed by atoms with Gasteiger partial charge in [0.2, 0.25) is 0 Å². The molecule has 0 spiro atoms. The molecular weight excluding hydrogens is 254 g/mol. The Hall–Kier alpha value is -1.60. The van der Waals surface area contributed by atoms with Crippen molar-refractivity contribution >= 4 is 0 Å². The first kappa shape index (κ1) is 13.1. The SMILES string of the molecule is CN1CC2CCC1C(c1ccccc1)(c1ccccc1)C2. The lowest BCUT2D eigenvalue weighted by Gasteiger charge is -2.57. The van der Waals surface area contributed by atoms with Gasteiger partial charge < -0.3 is 4.90 Å². The summed E-state index contributed by atoms with van der Waals surface area (Å²) in [7, 11) is 2.32. The Bertz CT molecular complexity index is 565. The van der Waals surface area contributed by atoms with E-state index >= 15 is 0 Å². The third-order valence-corrected chi connectivity index (χ3v) is 5.68. The van der Waals surface area contributed by atoms with Crippen LogP contribution in [-0.4, -0.2) is 24.5 Å². The molecule has 1 heteroatoms. The molecule has 2 saturated heterocycles. The summed E-state index contributed by atoms with van der Waals surface area (Å²) in [6, 6.07) is 23.0. The Morgan fingerprint density at radius 3 is 1.90 bits per heavy atom. The molecule has 3 fully saturated rings. The molecular formula is C20H23N. The van der Waals surface area contributed by atoms with E-state index in [4.69, 9.17) is 0 Å². The molecule has 108 valence electrons. The van der Waals surface area contributed by atoms with Crippen molar-refractivity contribution in [3.63, 3.8) is 0 Å². The van der Waals surface area contributed by atoms with Crippen LogP contribution in [0.4, 0.5) is 0 Å². The fourth-order valence-corrected chi connectivity index (χ4v) is 4.88. The van der Waals surface area contributed by atoms with Crippen molar-refractivity contribution in [3.05, 3.63) is 71.8 Å². The Labute approximate surface area is 127 Å². The number of rotatable bonds is 2. The van der Waals surface area contributed by atoms with Crippen LogP contribution in [0.15, 0.2) is 60.7 Å². The molecule has 0 N–H and O–H groups in total. The fraction of sp³-hybridized carbons (Fsp3) is 0.400. The number of benzene rings is 2. The molecule has 3 aliphatic rings. The van der Waals surface area contributed by atoms with Crippen molar-refractivity contribution in [2.45, 2.75) is 30.7 Å². The van der Waals surface area contributed by atoms with Gasteiger partial charge in [0.1, 0.15) is 0 Å². The lowest BCUT2D eigenvalue weighted by molar-refractivity contribution is 0.0149. The van der Waals surface area contributed by atoms with Gasteiger partial charge in [-0.15, -0.1) is 0 Å². The average Bonchev–Trinajstić information content (AvgIpc) is 2.56. The van der Waals surface area contributed by atoms with E-state index in [1.165, 1.54) is 36.9 Å². The van der Waals surface area contributed by atoms with Crippen molar-refractivity contribution in [2.24, 2.45) is 5.92 Å². The van der Waals surface area contributed by atoms with Gasteiger partial charge in [-0.05, 0) is 43.4 Å². The molecule has 2 aromatic carbocycles. The third-order valence-electron chi connectivity index (χ3n) is 5.68. The molecule has 2 heterocycles. The molecule has 2 atom stereocenters. The second-order valence-corrected chi connectivity index (χ2v) is 6.81. The van der Waals surface area contributed by atoms with Crippen molar-refractivity contribution in [2.75, 3.05) is 13.6 Å². The summed E-state index contributed by atoms with van der Waals surface area (Å²) in [4.78, 5) is 2.61. The van der Waals surface area contributed by atoms with Crippen LogP contribution in [0, 0.1) is 5.92 Å². The molecule has 0 aromatic heterocycles. The summed E-state index contributed by atoms with van der Waals surface area (Å²) in [6.45, 7) is 1.27. The highest BCUT2D eigenvalue weighted by molar-refractivity contribution is 5.43. The van der Waals surface area contributed by atoms with E-state index in [0.29, 0.717) is 6.04 Å². The van der Waals surface area contributed by atoms with Crippen LogP contribution >= 0.6 is 0 Å². The molecule has 2 aromatic rings. The summed E-state index contributed by atoms with van der Waals surface area (Å²) < 4.78 is 0.